The van der Waals surface area contributed by atoms with Gasteiger partial charge in [0.1, 0.15) is 11.6 Å². The number of Topliss-reactive ketones (excluding diaryl/α,β-unsaturated/α-hetero) is 1. The molecular formula is C20H25N3O2. The van der Waals surface area contributed by atoms with Gasteiger partial charge < -0.3 is 10.0 Å². The maximum atomic E-state index is 12.7. The average Bonchev–Trinajstić information content (AvgIpc) is 3.13. The zero-order valence-electron chi connectivity index (χ0n) is 14.9. The Hall–Kier alpha value is -2.43. The fourth-order valence-electron chi connectivity index (χ4n) is 3.47. The number of hydrogen-bond acceptors (Lipinski definition) is 5. The van der Waals surface area contributed by atoms with E-state index in [1.807, 2.05) is 25.1 Å². The zero-order valence-corrected chi connectivity index (χ0v) is 14.9. The third-order valence-corrected chi connectivity index (χ3v) is 4.89. The molecule has 0 radical (unpaired) electrons. The molecule has 25 heavy (non-hydrogen) atoms. The second-order valence-corrected chi connectivity index (χ2v) is 6.95. The van der Waals surface area contributed by atoms with Crippen LogP contribution in [0.2, 0.25) is 0 Å². The quantitative estimate of drug-likeness (QED) is 0.804. The molecule has 0 amide bonds. The highest BCUT2D eigenvalue weighted by Gasteiger charge is 2.21. The number of hydrogen-bond donors (Lipinski definition) is 1. The van der Waals surface area contributed by atoms with Gasteiger partial charge >= 0.3 is 0 Å². The van der Waals surface area contributed by atoms with Crippen molar-refractivity contribution < 1.29 is 9.90 Å². The van der Waals surface area contributed by atoms with E-state index >= 15 is 0 Å². The Morgan fingerprint density at radius 1 is 1.24 bits per heavy atom. The van der Waals surface area contributed by atoms with E-state index in [0.29, 0.717) is 35.1 Å². The molecule has 0 atom stereocenters. The van der Waals surface area contributed by atoms with Gasteiger partial charge in [0.2, 0.25) is 0 Å². The van der Waals surface area contributed by atoms with Gasteiger partial charge in [-0.05, 0) is 24.5 Å². The van der Waals surface area contributed by atoms with Crippen LogP contribution in [0.4, 0.5) is 5.82 Å². The summed E-state index contributed by atoms with van der Waals surface area (Å²) in [6.45, 7) is 0. The third-order valence-electron chi connectivity index (χ3n) is 4.89. The molecule has 0 unspecified atom stereocenters. The van der Waals surface area contributed by atoms with E-state index < -0.39 is 0 Å². The number of ketones is 1. The summed E-state index contributed by atoms with van der Waals surface area (Å²) in [7, 11) is 3.73. The van der Waals surface area contributed by atoms with Gasteiger partial charge in [0, 0.05) is 26.7 Å². The van der Waals surface area contributed by atoms with Crippen LogP contribution in [0, 0.1) is 5.92 Å². The first-order valence-electron chi connectivity index (χ1n) is 8.92. The van der Waals surface area contributed by atoms with E-state index in [4.69, 9.17) is 0 Å². The van der Waals surface area contributed by atoms with Gasteiger partial charge in [-0.25, -0.2) is 9.97 Å². The van der Waals surface area contributed by atoms with Crippen LogP contribution >= 0.6 is 0 Å². The number of carbonyl (C=O) groups is 1. The van der Waals surface area contributed by atoms with Gasteiger partial charge in [0.25, 0.3) is 0 Å². The van der Waals surface area contributed by atoms with Crippen LogP contribution in [0.5, 0.6) is 5.75 Å². The fourth-order valence-corrected chi connectivity index (χ4v) is 3.47. The summed E-state index contributed by atoms with van der Waals surface area (Å²) in [6.07, 6.45) is 8.17. The molecule has 2 aromatic rings. The highest BCUT2D eigenvalue weighted by Crippen LogP contribution is 2.31. The molecule has 5 nitrogen and oxygen atoms in total. The number of nitrogens with zero attached hydrogens (tertiary/aromatic N) is 3. The van der Waals surface area contributed by atoms with Crippen LogP contribution in [-0.4, -0.2) is 35.0 Å². The lowest BCUT2D eigenvalue weighted by Gasteiger charge is -2.17. The Morgan fingerprint density at radius 3 is 2.64 bits per heavy atom. The molecule has 1 N–H and O–H groups in total. The smallest absolute Gasteiger partial charge is 0.168 e. The molecular weight excluding hydrogens is 314 g/mol. The highest BCUT2D eigenvalue weighted by molar-refractivity contribution is 6.00. The van der Waals surface area contributed by atoms with Crippen molar-refractivity contribution in [3.8, 4) is 17.1 Å². The molecule has 1 heterocycles. The monoisotopic (exact) mass is 339 g/mol. The number of para-hydroxylation sites is 1. The number of anilines is 1. The van der Waals surface area contributed by atoms with Crippen LogP contribution < -0.4 is 4.90 Å². The maximum Gasteiger partial charge on any atom is 0.168 e. The van der Waals surface area contributed by atoms with Crippen molar-refractivity contribution in [2.45, 2.75) is 38.5 Å². The summed E-state index contributed by atoms with van der Waals surface area (Å²) in [5, 5.41) is 10.0. The second kappa shape index (κ2) is 7.64. The van der Waals surface area contributed by atoms with E-state index in [0.717, 1.165) is 6.42 Å². The zero-order chi connectivity index (χ0) is 17.8. The van der Waals surface area contributed by atoms with Crippen LogP contribution in [0.1, 0.15) is 48.9 Å². The number of rotatable bonds is 6. The SMILES string of the molecule is CN(C)c1nc(-c2ccccc2O)ncc1C(=O)CCC1CCCC1. The summed E-state index contributed by atoms with van der Waals surface area (Å²) < 4.78 is 0. The number of aromatic hydroxyl groups is 1. The Kier molecular flexibility index (Phi) is 5.31. The van der Waals surface area contributed by atoms with Crippen molar-refractivity contribution in [3.05, 3.63) is 36.0 Å². The minimum Gasteiger partial charge on any atom is -0.507 e. The van der Waals surface area contributed by atoms with Crippen molar-refractivity contribution in [2.75, 3.05) is 19.0 Å². The second-order valence-electron chi connectivity index (χ2n) is 6.95. The molecule has 1 aromatic heterocycles. The van der Waals surface area contributed by atoms with Gasteiger partial charge in [-0.3, -0.25) is 4.79 Å². The van der Waals surface area contributed by atoms with E-state index in [1.165, 1.54) is 25.7 Å². The normalized spacial score (nSPS) is 14.6. The molecule has 0 aliphatic heterocycles. The van der Waals surface area contributed by atoms with E-state index in [1.54, 1.807) is 24.4 Å². The molecule has 1 aliphatic rings. The minimum atomic E-state index is 0.0967. The van der Waals surface area contributed by atoms with Gasteiger partial charge in [0.05, 0.1) is 11.1 Å². The van der Waals surface area contributed by atoms with E-state index in [2.05, 4.69) is 9.97 Å². The van der Waals surface area contributed by atoms with Crippen LogP contribution in [-0.2, 0) is 0 Å². The van der Waals surface area contributed by atoms with Crippen molar-refractivity contribution in [1.29, 1.82) is 0 Å². The standard InChI is InChI=1S/C20H25N3O2/c1-23(2)20-16(18(25)12-11-14-7-3-4-8-14)13-21-19(22-20)15-9-5-6-10-17(15)24/h5-6,9-10,13-14,24H,3-4,7-8,11-12H2,1-2H3. The summed E-state index contributed by atoms with van der Waals surface area (Å²) in [5.74, 6) is 1.94. The molecule has 0 spiro atoms. The van der Waals surface area contributed by atoms with Crippen LogP contribution in [0.15, 0.2) is 30.5 Å². The van der Waals surface area contributed by atoms with Crippen molar-refractivity contribution >= 4 is 11.6 Å². The lowest BCUT2D eigenvalue weighted by Crippen LogP contribution is -2.17. The number of phenols is 1. The largest absolute Gasteiger partial charge is 0.507 e. The Labute approximate surface area is 148 Å². The van der Waals surface area contributed by atoms with E-state index in [-0.39, 0.29) is 11.5 Å². The summed E-state index contributed by atoms with van der Waals surface area (Å²) >= 11 is 0. The third kappa shape index (κ3) is 3.98. The first kappa shape index (κ1) is 17.4. The Balaban J connectivity index is 1.84. The Bertz CT molecular complexity index is 752. The molecule has 1 aromatic carbocycles. The molecule has 0 bridgehead atoms. The molecule has 1 saturated carbocycles. The van der Waals surface area contributed by atoms with Gasteiger partial charge in [-0.1, -0.05) is 37.8 Å². The number of benzene rings is 1. The average molecular weight is 339 g/mol. The van der Waals surface area contributed by atoms with Gasteiger partial charge in [0.15, 0.2) is 11.6 Å². The lowest BCUT2D eigenvalue weighted by molar-refractivity contribution is 0.0974. The molecule has 1 aliphatic carbocycles. The van der Waals surface area contributed by atoms with Crippen LogP contribution in [0.3, 0.4) is 0 Å². The predicted molar refractivity (Wildman–Crippen MR) is 99.0 cm³/mol. The molecule has 3 rings (SSSR count). The first-order valence-corrected chi connectivity index (χ1v) is 8.92. The van der Waals surface area contributed by atoms with E-state index in [9.17, 15) is 9.90 Å². The predicted octanol–water partition coefficient (Wildman–Crippen LogP) is 4.07. The first-order chi connectivity index (χ1) is 12.1. The molecule has 1 fully saturated rings. The Morgan fingerprint density at radius 2 is 1.96 bits per heavy atom. The van der Waals surface area contributed by atoms with Gasteiger partial charge in [-0.15, -0.1) is 0 Å². The summed E-state index contributed by atoms with van der Waals surface area (Å²) in [4.78, 5) is 23.4. The fraction of sp³-hybridized carbons (Fsp3) is 0.450. The minimum absolute atomic E-state index is 0.0967. The number of aromatic nitrogens is 2. The molecule has 132 valence electrons. The summed E-state index contributed by atoms with van der Waals surface area (Å²) in [5.41, 5.74) is 1.12. The topological polar surface area (TPSA) is 66.3 Å². The van der Waals surface area contributed by atoms with Crippen LogP contribution in [0.25, 0.3) is 11.4 Å². The molecule has 0 saturated heterocycles. The lowest BCUT2D eigenvalue weighted by atomic mass is 9.98. The van der Waals surface area contributed by atoms with Gasteiger partial charge in [-0.2, -0.15) is 0 Å². The highest BCUT2D eigenvalue weighted by atomic mass is 16.3. The van der Waals surface area contributed by atoms with Crippen molar-refractivity contribution in [1.82, 2.24) is 9.97 Å². The maximum absolute atomic E-state index is 12.7. The van der Waals surface area contributed by atoms with Crippen molar-refractivity contribution in [3.63, 3.8) is 0 Å². The number of phenolic OH excluding ortho intramolecular Hbond substituents is 1. The number of carbonyl (C=O) groups excluding carboxylic acids is 1. The molecule has 5 heteroatoms. The summed E-state index contributed by atoms with van der Waals surface area (Å²) in [6, 6.07) is 6.96. The van der Waals surface area contributed by atoms with Crippen molar-refractivity contribution in [2.24, 2.45) is 5.92 Å².